The van der Waals surface area contributed by atoms with E-state index in [0.717, 1.165) is 12.1 Å². The fraction of sp³-hybridized carbons (Fsp3) is 0.486. The molecule has 4 heterocycles. The van der Waals surface area contributed by atoms with E-state index in [1.54, 1.807) is 54.9 Å². The van der Waals surface area contributed by atoms with Gasteiger partial charge in [0.15, 0.2) is 0 Å². The van der Waals surface area contributed by atoms with Gasteiger partial charge in [-0.05, 0) is 43.3 Å². The number of ether oxygens (including phenoxy) is 4. The topological polar surface area (TPSA) is 151 Å². The van der Waals surface area contributed by atoms with Crippen molar-refractivity contribution < 1.29 is 28.5 Å². The number of pyridine rings is 2. The number of hydrogen-bond acceptors (Lipinski definition) is 10. The van der Waals surface area contributed by atoms with E-state index in [2.05, 4.69) is 49.3 Å². The SMILES string of the molecule is COC(=O)c1cc(C)nc(-c2cn(COCC[Si](C)(C)C)n(C)c2=O)c1.COC(=O)c1cc(Cl)nc(-c2cn(COCC[Si](C)(C)C)n(C)c2=O)c1. The molecule has 17 heteroatoms. The molecular formula is C35H51ClN6O8Si2. The summed E-state index contributed by atoms with van der Waals surface area (Å²) in [6, 6.07) is 8.22. The molecule has 0 aliphatic heterocycles. The molecule has 0 amide bonds. The molecule has 0 saturated carbocycles. The normalized spacial score (nSPS) is 11.6. The van der Waals surface area contributed by atoms with Gasteiger partial charge in [-0.25, -0.2) is 14.6 Å². The van der Waals surface area contributed by atoms with Crippen molar-refractivity contribution in [3.63, 3.8) is 0 Å². The van der Waals surface area contributed by atoms with E-state index < -0.39 is 28.1 Å². The molecular weight excluding hydrogens is 724 g/mol. The van der Waals surface area contributed by atoms with E-state index in [4.69, 9.17) is 30.5 Å². The van der Waals surface area contributed by atoms with Crippen molar-refractivity contribution >= 4 is 39.7 Å². The molecule has 0 unspecified atom stereocenters. The Kier molecular flexibility index (Phi) is 14.7. The van der Waals surface area contributed by atoms with Crippen molar-refractivity contribution in [2.24, 2.45) is 14.1 Å². The largest absolute Gasteiger partial charge is 0.465 e. The number of nitrogens with zero attached hydrogens (tertiary/aromatic N) is 6. The summed E-state index contributed by atoms with van der Waals surface area (Å²) < 4.78 is 27.2. The minimum Gasteiger partial charge on any atom is -0.465 e. The van der Waals surface area contributed by atoms with Gasteiger partial charge < -0.3 is 18.9 Å². The van der Waals surface area contributed by atoms with Gasteiger partial charge in [-0.3, -0.25) is 33.3 Å². The highest BCUT2D eigenvalue weighted by Gasteiger charge is 2.19. The van der Waals surface area contributed by atoms with Crippen molar-refractivity contribution in [3.8, 4) is 22.5 Å². The molecule has 4 aromatic rings. The highest BCUT2D eigenvalue weighted by Crippen LogP contribution is 2.20. The fourth-order valence-corrected chi connectivity index (χ4v) is 6.47. The second-order valence-corrected chi connectivity index (χ2v) is 26.4. The molecule has 0 fully saturated rings. The predicted molar refractivity (Wildman–Crippen MR) is 206 cm³/mol. The van der Waals surface area contributed by atoms with Crippen molar-refractivity contribution in [1.29, 1.82) is 0 Å². The van der Waals surface area contributed by atoms with Crippen LogP contribution in [0, 0.1) is 6.92 Å². The lowest BCUT2D eigenvalue weighted by Crippen LogP contribution is -2.24. The Labute approximate surface area is 311 Å². The third kappa shape index (κ3) is 12.0. The Morgan fingerprint density at radius 2 is 1.10 bits per heavy atom. The summed E-state index contributed by atoms with van der Waals surface area (Å²) >= 11 is 5.99. The molecule has 0 aliphatic carbocycles. The van der Waals surface area contributed by atoms with Crippen LogP contribution in [0.5, 0.6) is 0 Å². The van der Waals surface area contributed by atoms with Gasteiger partial charge in [-0.15, -0.1) is 0 Å². The Balaban J connectivity index is 0.000000280. The molecule has 0 aromatic carbocycles. The van der Waals surface area contributed by atoms with Gasteiger partial charge in [-0.1, -0.05) is 50.9 Å². The van der Waals surface area contributed by atoms with Crippen LogP contribution in [0.1, 0.15) is 26.4 Å². The predicted octanol–water partition coefficient (Wildman–Crippen LogP) is 5.66. The summed E-state index contributed by atoms with van der Waals surface area (Å²) in [6.07, 6.45) is 3.36. The highest BCUT2D eigenvalue weighted by molar-refractivity contribution is 6.76. The quantitative estimate of drug-likeness (QED) is 0.0680. The first-order valence-corrected chi connectivity index (χ1v) is 24.6. The average molecular weight is 775 g/mol. The fourth-order valence-electron chi connectivity index (χ4n) is 4.75. The molecule has 4 rings (SSSR count). The number of hydrogen-bond donors (Lipinski definition) is 0. The van der Waals surface area contributed by atoms with Gasteiger partial charge in [0.2, 0.25) is 0 Å². The molecule has 0 saturated heterocycles. The maximum atomic E-state index is 12.6. The zero-order valence-electron chi connectivity index (χ0n) is 32.0. The number of carbonyl (C=O) groups is 2. The van der Waals surface area contributed by atoms with Crippen molar-refractivity contribution in [1.82, 2.24) is 28.7 Å². The molecule has 4 aromatic heterocycles. The number of aromatic nitrogens is 6. The van der Waals surface area contributed by atoms with Crippen LogP contribution in [-0.4, -0.2) is 84.2 Å². The Morgan fingerprint density at radius 1 is 0.692 bits per heavy atom. The van der Waals surface area contributed by atoms with Crippen LogP contribution in [0.4, 0.5) is 0 Å². The molecule has 14 nitrogen and oxygen atoms in total. The van der Waals surface area contributed by atoms with Crippen LogP contribution in [-0.2, 0) is 46.5 Å². The Bertz CT molecular complexity index is 1850. The van der Waals surface area contributed by atoms with E-state index >= 15 is 0 Å². The molecule has 52 heavy (non-hydrogen) atoms. The zero-order valence-corrected chi connectivity index (χ0v) is 34.8. The Morgan fingerprint density at radius 3 is 1.50 bits per heavy atom. The lowest BCUT2D eigenvalue weighted by atomic mass is 10.1. The number of carbonyl (C=O) groups excluding carboxylic acids is 2. The number of halogens is 1. The van der Waals surface area contributed by atoms with Crippen molar-refractivity contribution in [2.75, 3.05) is 27.4 Å². The number of aryl methyl sites for hydroxylation is 1. The van der Waals surface area contributed by atoms with Gasteiger partial charge in [0.25, 0.3) is 11.1 Å². The zero-order chi connectivity index (χ0) is 39.0. The standard InChI is InChI=1S/C18H27N3O4Si.C17H24ClN3O4Si/c1-13-9-14(18(23)24-3)10-16(19-13)15-11-21(20(2)17(15)22)12-25-7-8-26(4,5)6;1-20-16(22)13(10-21(20)11-25-6-7-26(3,4)5)14-8-12(17(23)24-2)9-15(18)19-14/h9-11H,7-8,12H2,1-6H3;8-10H,6-7,11H2,1-5H3. The van der Waals surface area contributed by atoms with Crippen molar-refractivity contribution in [2.45, 2.75) is 71.8 Å². The van der Waals surface area contributed by atoms with E-state index in [0.29, 0.717) is 53.7 Å². The minimum absolute atomic E-state index is 0.115. The third-order valence-corrected chi connectivity index (χ3v) is 11.6. The summed E-state index contributed by atoms with van der Waals surface area (Å²) in [5.74, 6) is -0.996. The molecule has 0 bridgehead atoms. The van der Waals surface area contributed by atoms with Gasteiger partial charge >= 0.3 is 11.9 Å². The third-order valence-electron chi connectivity index (χ3n) is 7.96. The summed E-state index contributed by atoms with van der Waals surface area (Å²) in [5.41, 5.74) is 2.36. The summed E-state index contributed by atoms with van der Waals surface area (Å²) in [5, 5.41) is 0.115. The molecule has 0 spiro atoms. The molecule has 0 aliphatic rings. The maximum absolute atomic E-state index is 12.6. The smallest absolute Gasteiger partial charge is 0.338 e. The summed E-state index contributed by atoms with van der Waals surface area (Å²) in [6.45, 7) is 17.4. The van der Waals surface area contributed by atoms with Crippen LogP contribution < -0.4 is 11.1 Å². The number of rotatable bonds is 14. The second kappa shape index (κ2) is 18.1. The van der Waals surface area contributed by atoms with Crippen LogP contribution >= 0.6 is 11.6 Å². The Hall–Kier alpha value is -4.10. The van der Waals surface area contributed by atoms with Gasteiger partial charge in [0.05, 0.1) is 47.9 Å². The monoisotopic (exact) mass is 774 g/mol. The first kappa shape index (κ1) is 42.3. The lowest BCUT2D eigenvalue weighted by molar-refractivity contribution is 0.0591. The van der Waals surface area contributed by atoms with Gasteiger partial charge in [0, 0.05) is 61.5 Å². The van der Waals surface area contributed by atoms with Gasteiger partial charge in [0.1, 0.15) is 18.6 Å². The maximum Gasteiger partial charge on any atom is 0.338 e. The molecule has 0 atom stereocenters. The lowest BCUT2D eigenvalue weighted by Gasteiger charge is -2.16. The second-order valence-electron chi connectivity index (χ2n) is 14.7. The first-order chi connectivity index (χ1) is 24.2. The molecule has 0 N–H and O–H groups in total. The van der Waals surface area contributed by atoms with Crippen LogP contribution in [0.15, 0.2) is 46.2 Å². The van der Waals surface area contributed by atoms with Crippen molar-refractivity contribution in [3.05, 3.63) is 79.3 Å². The number of esters is 2. The highest BCUT2D eigenvalue weighted by atomic mass is 35.5. The van der Waals surface area contributed by atoms with E-state index in [-0.39, 0.29) is 28.6 Å². The first-order valence-electron chi connectivity index (χ1n) is 16.8. The van der Waals surface area contributed by atoms with E-state index in [9.17, 15) is 19.2 Å². The average Bonchev–Trinajstić information content (AvgIpc) is 3.52. The van der Waals surface area contributed by atoms with Gasteiger partial charge in [-0.2, -0.15) is 0 Å². The van der Waals surface area contributed by atoms with Crippen LogP contribution in [0.3, 0.4) is 0 Å². The van der Waals surface area contributed by atoms with Crippen LogP contribution in [0.25, 0.3) is 22.5 Å². The summed E-state index contributed by atoms with van der Waals surface area (Å²) in [7, 11) is 3.63. The van der Waals surface area contributed by atoms with Crippen LogP contribution in [0.2, 0.25) is 56.5 Å². The minimum atomic E-state index is -1.17. The number of methoxy groups -OCH3 is 2. The van der Waals surface area contributed by atoms with E-state index in [1.807, 2.05) is 0 Å². The van der Waals surface area contributed by atoms with E-state index in [1.165, 1.54) is 35.7 Å². The molecule has 284 valence electrons. The molecule has 0 radical (unpaired) electrons. The summed E-state index contributed by atoms with van der Waals surface area (Å²) in [4.78, 5) is 57.2.